The summed E-state index contributed by atoms with van der Waals surface area (Å²) in [5, 5.41) is 6.60. The molecule has 1 saturated heterocycles. The lowest BCUT2D eigenvalue weighted by Crippen LogP contribution is -2.25. The largest absolute Gasteiger partial charge is 0.309 e. The van der Waals surface area contributed by atoms with Gasteiger partial charge in [-0.15, -0.1) is 0 Å². The summed E-state index contributed by atoms with van der Waals surface area (Å²) < 4.78 is 1.83. The Kier molecular flexibility index (Phi) is 6.52. The first-order chi connectivity index (χ1) is 12.3. The van der Waals surface area contributed by atoms with E-state index >= 15 is 0 Å². The molecule has 0 bridgehead atoms. The lowest BCUT2D eigenvalue weighted by Gasteiger charge is -2.18. The van der Waals surface area contributed by atoms with Gasteiger partial charge in [-0.3, -0.25) is 4.90 Å². The lowest BCUT2D eigenvalue weighted by atomic mass is 10.1. The van der Waals surface area contributed by atoms with Crippen molar-refractivity contribution < 1.29 is 0 Å². The number of nitrogens with zero attached hydrogens (tertiary/aromatic N) is 4. The van der Waals surface area contributed by atoms with Crippen LogP contribution >= 0.6 is 34.8 Å². The van der Waals surface area contributed by atoms with E-state index in [1.165, 1.54) is 6.42 Å². The van der Waals surface area contributed by atoms with Gasteiger partial charge in [-0.2, -0.15) is 5.10 Å². The normalized spacial score (nSPS) is 18.2. The van der Waals surface area contributed by atoms with Crippen molar-refractivity contribution in [2.45, 2.75) is 26.4 Å². The van der Waals surface area contributed by atoms with E-state index in [9.17, 15) is 0 Å². The SMILES string of the molecule is Cc1nn(Cc2ccc(Cl)cc2Cl)c(Cl)c1CN1CCC(CN(C)C)C1. The second-order valence-corrected chi connectivity index (χ2v) is 8.60. The van der Waals surface area contributed by atoms with E-state index in [1.807, 2.05) is 23.7 Å². The molecule has 0 saturated carbocycles. The summed E-state index contributed by atoms with van der Waals surface area (Å²) in [4.78, 5) is 4.74. The van der Waals surface area contributed by atoms with Crippen LogP contribution < -0.4 is 0 Å². The Bertz CT molecular complexity index is 772. The van der Waals surface area contributed by atoms with Crippen molar-refractivity contribution in [2.24, 2.45) is 5.92 Å². The molecule has 0 amide bonds. The quantitative estimate of drug-likeness (QED) is 0.690. The van der Waals surface area contributed by atoms with E-state index in [0.29, 0.717) is 21.7 Å². The number of hydrogen-bond donors (Lipinski definition) is 0. The van der Waals surface area contributed by atoms with Crippen molar-refractivity contribution in [3.8, 4) is 0 Å². The predicted octanol–water partition coefficient (Wildman–Crippen LogP) is 4.58. The number of benzene rings is 1. The molecule has 1 aliphatic rings. The maximum atomic E-state index is 6.66. The van der Waals surface area contributed by atoms with Crippen molar-refractivity contribution in [1.29, 1.82) is 0 Å². The molecular formula is C19H25Cl3N4. The smallest absolute Gasteiger partial charge is 0.132 e. The highest BCUT2D eigenvalue weighted by molar-refractivity contribution is 6.35. The van der Waals surface area contributed by atoms with Gasteiger partial charge in [-0.25, -0.2) is 4.68 Å². The maximum absolute atomic E-state index is 6.66. The minimum absolute atomic E-state index is 0.541. The second kappa shape index (κ2) is 8.49. The van der Waals surface area contributed by atoms with Crippen LogP contribution in [0.4, 0.5) is 0 Å². The number of hydrogen-bond acceptors (Lipinski definition) is 3. The molecule has 4 nitrogen and oxygen atoms in total. The molecule has 0 spiro atoms. The third kappa shape index (κ3) is 4.73. The number of halogens is 3. The van der Waals surface area contributed by atoms with Crippen LogP contribution in [0.3, 0.4) is 0 Å². The molecule has 7 heteroatoms. The van der Waals surface area contributed by atoms with Crippen molar-refractivity contribution in [1.82, 2.24) is 19.6 Å². The van der Waals surface area contributed by atoms with Crippen LogP contribution in [0.2, 0.25) is 15.2 Å². The molecule has 3 rings (SSSR count). The van der Waals surface area contributed by atoms with Crippen LogP contribution in [0.15, 0.2) is 18.2 Å². The fourth-order valence-electron chi connectivity index (χ4n) is 3.63. The van der Waals surface area contributed by atoms with E-state index < -0.39 is 0 Å². The van der Waals surface area contributed by atoms with E-state index in [2.05, 4.69) is 29.0 Å². The zero-order valence-corrected chi connectivity index (χ0v) is 17.7. The Labute approximate surface area is 170 Å². The van der Waals surface area contributed by atoms with Gasteiger partial charge in [0, 0.05) is 35.2 Å². The minimum Gasteiger partial charge on any atom is -0.309 e. The molecule has 1 aliphatic heterocycles. The summed E-state index contributed by atoms with van der Waals surface area (Å²) >= 11 is 18.9. The van der Waals surface area contributed by atoms with Crippen LogP contribution in [0.5, 0.6) is 0 Å². The van der Waals surface area contributed by atoms with Gasteiger partial charge in [-0.1, -0.05) is 40.9 Å². The van der Waals surface area contributed by atoms with Crippen molar-refractivity contribution in [2.75, 3.05) is 33.7 Å². The number of rotatable bonds is 6. The fourth-order valence-corrected chi connectivity index (χ4v) is 4.39. The van der Waals surface area contributed by atoms with Gasteiger partial charge in [0.2, 0.25) is 0 Å². The average Bonchev–Trinajstić information content (AvgIpc) is 3.09. The molecule has 142 valence electrons. The summed E-state index contributed by atoms with van der Waals surface area (Å²) in [6.45, 7) is 6.78. The van der Waals surface area contributed by atoms with Gasteiger partial charge >= 0.3 is 0 Å². The Morgan fingerprint density at radius 2 is 1.96 bits per heavy atom. The van der Waals surface area contributed by atoms with Crippen LogP contribution in [0.25, 0.3) is 0 Å². The van der Waals surface area contributed by atoms with Crippen LogP contribution in [-0.4, -0.2) is 53.3 Å². The van der Waals surface area contributed by atoms with Gasteiger partial charge in [0.05, 0.1) is 12.2 Å². The molecule has 1 aromatic heterocycles. The number of likely N-dealkylation sites (tertiary alicyclic amines) is 1. The van der Waals surface area contributed by atoms with E-state index in [1.54, 1.807) is 6.07 Å². The first kappa shape index (κ1) is 20.0. The summed E-state index contributed by atoms with van der Waals surface area (Å²) in [6.07, 6.45) is 1.24. The maximum Gasteiger partial charge on any atom is 0.132 e. The van der Waals surface area contributed by atoms with Crippen molar-refractivity contribution in [3.05, 3.63) is 50.2 Å². The van der Waals surface area contributed by atoms with Gasteiger partial charge in [0.1, 0.15) is 5.15 Å². The van der Waals surface area contributed by atoms with Crippen LogP contribution in [-0.2, 0) is 13.1 Å². The highest BCUT2D eigenvalue weighted by Gasteiger charge is 2.25. The lowest BCUT2D eigenvalue weighted by molar-refractivity contribution is 0.286. The van der Waals surface area contributed by atoms with Gasteiger partial charge in [-0.05, 0) is 57.6 Å². The summed E-state index contributed by atoms with van der Waals surface area (Å²) in [5.41, 5.74) is 3.05. The first-order valence-electron chi connectivity index (χ1n) is 8.86. The third-order valence-corrected chi connectivity index (χ3v) is 5.90. The first-order valence-corrected chi connectivity index (χ1v) is 9.99. The van der Waals surface area contributed by atoms with Crippen molar-refractivity contribution in [3.63, 3.8) is 0 Å². The standard InChI is InChI=1S/C19H25Cl3N4/c1-13-17(12-25-7-6-14(10-25)9-24(2)3)19(22)26(23-13)11-15-4-5-16(20)8-18(15)21/h4-5,8,14H,6-7,9-12H2,1-3H3. The van der Waals surface area contributed by atoms with Gasteiger partial charge in [0.15, 0.2) is 0 Å². The molecule has 1 atom stereocenters. The summed E-state index contributed by atoms with van der Waals surface area (Å²) in [6, 6.07) is 5.51. The molecule has 1 aromatic carbocycles. The number of aromatic nitrogens is 2. The minimum atomic E-state index is 0.541. The van der Waals surface area contributed by atoms with Crippen LogP contribution in [0.1, 0.15) is 23.2 Å². The zero-order valence-electron chi connectivity index (χ0n) is 15.5. The van der Waals surface area contributed by atoms with E-state index in [-0.39, 0.29) is 0 Å². The van der Waals surface area contributed by atoms with E-state index in [4.69, 9.17) is 34.8 Å². The fraction of sp³-hybridized carbons (Fsp3) is 0.526. The molecule has 1 unspecified atom stereocenters. The summed E-state index contributed by atoms with van der Waals surface area (Å²) in [5.74, 6) is 0.729. The van der Waals surface area contributed by atoms with E-state index in [0.717, 1.165) is 48.9 Å². The predicted molar refractivity (Wildman–Crippen MR) is 109 cm³/mol. The molecule has 0 radical (unpaired) electrons. The van der Waals surface area contributed by atoms with Crippen molar-refractivity contribution >= 4 is 34.8 Å². The molecule has 2 heterocycles. The second-order valence-electron chi connectivity index (χ2n) is 7.40. The average molecular weight is 416 g/mol. The topological polar surface area (TPSA) is 24.3 Å². The molecule has 0 N–H and O–H groups in total. The highest BCUT2D eigenvalue weighted by atomic mass is 35.5. The number of aryl methyl sites for hydroxylation is 1. The molecular weight excluding hydrogens is 391 g/mol. The summed E-state index contributed by atoms with van der Waals surface area (Å²) in [7, 11) is 4.27. The van der Waals surface area contributed by atoms with Gasteiger partial charge in [0.25, 0.3) is 0 Å². The molecule has 1 fully saturated rings. The third-order valence-electron chi connectivity index (χ3n) is 4.89. The molecule has 2 aromatic rings. The zero-order chi connectivity index (χ0) is 18.8. The molecule has 26 heavy (non-hydrogen) atoms. The van der Waals surface area contributed by atoms with Gasteiger partial charge < -0.3 is 4.90 Å². The Hall–Kier alpha value is -0.780. The Morgan fingerprint density at radius 1 is 1.19 bits per heavy atom. The Morgan fingerprint density at radius 3 is 2.65 bits per heavy atom. The molecule has 0 aliphatic carbocycles. The highest BCUT2D eigenvalue weighted by Crippen LogP contribution is 2.27. The van der Waals surface area contributed by atoms with Crippen LogP contribution in [0, 0.1) is 12.8 Å². The monoisotopic (exact) mass is 414 g/mol. The Balaban J connectivity index is 1.70.